The van der Waals surface area contributed by atoms with E-state index >= 15 is 0 Å². The number of thioether (sulfide) groups is 1. The van der Waals surface area contributed by atoms with Gasteiger partial charge in [0.2, 0.25) is 5.91 Å². The molecule has 0 radical (unpaired) electrons. The summed E-state index contributed by atoms with van der Waals surface area (Å²) in [6.45, 7) is 4.10. The average molecular weight is 555 g/mol. The molecular weight excluding hydrogens is 529 g/mol. The molecule has 4 aromatic carbocycles. The lowest BCUT2D eigenvalue weighted by atomic mass is 10.1. The number of nitrogens with one attached hydrogen (secondary N) is 3. The lowest BCUT2D eigenvalue weighted by Gasteiger charge is -2.17. The minimum Gasteiger partial charge on any atom is -0.332 e. The quantitative estimate of drug-likeness (QED) is 0.139. The normalized spacial score (nSPS) is 11.6. The molecule has 3 N–H and O–H groups in total. The van der Waals surface area contributed by atoms with Gasteiger partial charge in [0.05, 0.1) is 10.2 Å². The van der Waals surface area contributed by atoms with Gasteiger partial charge in [0.25, 0.3) is 0 Å². The van der Waals surface area contributed by atoms with Crippen molar-refractivity contribution < 1.29 is 4.79 Å². The second kappa shape index (κ2) is 11.8. The van der Waals surface area contributed by atoms with Crippen molar-refractivity contribution in [1.29, 1.82) is 0 Å². The number of amides is 1. The molecule has 5 nitrogen and oxygen atoms in total. The molecule has 0 aliphatic carbocycles. The molecule has 0 saturated carbocycles. The molecule has 0 aliphatic heterocycles. The van der Waals surface area contributed by atoms with Gasteiger partial charge in [-0.3, -0.25) is 4.79 Å². The molecule has 1 unspecified atom stereocenters. The summed E-state index contributed by atoms with van der Waals surface area (Å²) in [5, 5.41) is 10.1. The van der Waals surface area contributed by atoms with Crippen LogP contribution in [0.1, 0.15) is 21.9 Å². The maximum Gasteiger partial charge on any atom is 0.244 e. The van der Waals surface area contributed by atoms with Gasteiger partial charge >= 0.3 is 0 Å². The number of carbonyl (C=O) groups is 1. The van der Waals surface area contributed by atoms with Crippen LogP contribution in [0.5, 0.6) is 0 Å². The van der Waals surface area contributed by atoms with Crippen LogP contribution < -0.4 is 16.0 Å². The smallest absolute Gasteiger partial charge is 0.244 e. The van der Waals surface area contributed by atoms with Gasteiger partial charge in [-0.25, -0.2) is 4.98 Å². The fourth-order valence-electron chi connectivity index (χ4n) is 3.87. The molecule has 38 heavy (non-hydrogen) atoms. The predicted molar refractivity (Wildman–Crippen MR) is 165 cm³/mol. The highest BCUT2D eigenvalue weighted by Crippen LogP contribution is 2.38. The third-order valence-corrected chi connectivity index (χ3v) is 8.16. The maximum atomic E-state index is 13.5. The number of aromatic nitrogens is 1. The van der Waals surface area contributed by atoms with E-state index in [0.717, 1.165) is 32.1 Å². The van der Waals surface area contributed by atoms with Crippen LogP contribution in [0.25, 0.3) is 10.2 Å². The number of fused-ring (bicyclic) bond motifs is 1. The van der Waals surface area contributed by atoms with Crippen molar-refractivity contribution in [3.05, 3.63) is 114 Å². The first kappa shape index (κ1) is 25.9. The highest BCUT2D eigenvalue weighted by atomic mass is 32.2. The topological polar surface area (TPSA) is 66.0 Å². The van der Waals surface area contributed by atoms with Crippen LogP contribution >= 0.6 is 35.3 Å². The summed E-state index contributed by atoms with van der Waals surface area (Å²) in [5.74, 6) is -0.119. The maximum absolute atomic E-state index is 13.5. The minimum atomic E-state index is -0.460. The molecular formula is C30H26N4OS3. The Morgan fingerprint density at radius 2 is 1.55 bits per heavy atom. The van der Waals surface area contributed by atoms with Gasteiger partial charge in [-0.05, 0) is 79.7 Å². The molecule has 1 heterocycles. The Hall–Kier alpha value is -3.72. The van der Waals surface area contributed by atoms with Gasteiger partial charge in [0, 0.05) is 16.3 Å². The van der Waals surface area contributed by atoms with Crippen LogP contribution in [0.4, 0.5) is 16.5 Å². The van der Waals surface area contributed by atoms with E-state index in [2.05, 4.69) is 27.0 Å². The summed E-state index contributed by atoms with van der Waals surface area (Å²) in [5.41, 5.74) is 5.92. The Morgan fingerprint density at radius 3 is 2.34 bits per heavy atom. The summed E-state index contributed by atoms with van der Waals surface area (Å²) in [6, 6.07) is 31.8. The number of hydrogen-bond acceptors (Lipinski definition) is 5. The van der Waals surface area contributed by atoms with E-state index in [9.17, 15) is 4.79 Å². The third-order valence-electron chi connectivity index (χ3n) is 5.77. The Bertz CT molecular complexity index is 1580. The molecule has 1 amide bonds. The Kier molecular flexibility index (Phi) is 8.03. The van der Waals surface area contributed by atoms with Crippen molar-refractivity contribution in [1.82, 2.24) is 4.98 Å². The zero-order valence-electron chi connectivity index (χ0n) is 20.9. The first-order valence-electron chi connectivity index (χ1n) is 12.1. The van der Waals surface area contributed by atoms with Gasteiger partial charge < -0.3 is 16.0 Å². The second-order valence-corrected chi connectivity index (χ2v) is 11.5. The molecule has 0 bridgehead atoms. The van der Waals surface area contributed by atoms with E-state index in [-0.39, 0.29) is 5.91 Å². The molecule has 5 rings (SSSR count). The third kappa shape index (κ3) is 6.58. The molecule has 1 aromatic heterocycles. The van der Waals surface area contributed by atoms with Gasteiger partial charge in [0.1, 0.15) is 5.25 Å². The van der Waals surface area contributed by atoms with Crippen LogP contribution in [-0.2, 0) is 4.79 Å². The fraction of sp³-hybridized carbons (Fsp3) is 0.100. The van der Waals surface area contributed by atoms with Crippen molar-refractivity contribution in [2.75, 3.05) is 16.0 Å². The first-order chi connectivity index (χ1) is 18.4. The highest BCUT2D eigenvalue weighted by molar-refractivity contribution is 8.00. The SMILES string of the molecule is Cc1ccc(NC(=S)Nc2cccc(SC(C(=O)Nc3nc4ccc(C)cc4s3)c3ccccc3)c2)cc1. The Balaban J connectivity index is 1.32. The van der Waals surface area contributed by atoms with Crippen LogP contribution in [0.2, 0.25) is 0 Å². The molecule has 0 saturated heterocycles. The molecule has 0 spiro atoms. The van der Waals surface area contributed by atoms with Crippen molar-refractivity contribution in [3.8, 4) is 0 Å². The van der Waals surface area contributed by atoms with Crippen LogP contribution in [0.15, 0.2) is 102 Å². The summed E-state index contributed by atoms with van der Waals surface area (Å²) in [7, 11) is 0. The molecule has 1 atom stereocenters. The first-order valence-corrected chi connectivity index (χ1v) is 14.2. The monoisotopic (exact) mass is 554 g/mol. The minimum absolute atomic E-state index is 0.119. The van der Waals surface area contributed by atoms with Crippen molar-refractivity contribution in [3.63, 3.8) is 0 Å². The van der Waals surface area contributed by atoms with Crippen molar-refractivity contribution in [2.45, 2.75) is 24.0 Å². The lowest BCUT2D eigenvalue weighted by molar-refractivity contribution is -0.115. The molecule has 0 aliphatic rings. The highest BCUT2D eigenvalue weighted by Gasteiger charge is 2.23. The van der Waals surface area contributed by atoms with Gasteiger partial charge in [0.15, 0.2) is 10.2 Å². The number of hydrogen-bond donors (Lipinski definition) is 3. The Morgan fingerprint density at radius 1 is 0.816 bits per heavy atom. The van der Waals surface area contributed by atoms with E-state index in [1.54, 1.807) is 0 Å². The van der Waals surface area contributed by atoms with E-state index in [1.807, 2.05) is 105 Å². The molecule has 190 valence electrons. The number of carbonyl (C=O) groups excluding carboxylic acids is 1. The summed E-state index contributed by atoms with van der Waals surface area (Å²) < 4.78 is 1.05. The van der Waals surface area contributed by atoms with E-state index in [1.165, 1.54) is 34.2 Å². The number of nitrogens with zero attached hydrogens (tertiary/aromatic N) is 1. The largest absolute Gasteiger partial charge is 0.332 e. The van der Waals surface area contributed by atoms with Crippen molar-refractivity contribution in [2.24, 2.45) is 0 Å². The van der Waals surface area contributed by atoms with E-state index in [0.29, 0.717) is 10.2 Å². The van der Waals surface area contributed by atoms with E-state index in [4.69, 9.17) is 12.2 Å². The predicted octanol–water partition coefficient (Wildman–Crippen LogP) is 8.19. The Labute approximate surface area is 235 Å². The van der Waals surface area contributed by atoms with Crippen molar-refractivity contribution >= 4 is 73.1 Å². The summed E-state index contributed by atoms with van der Waals surface area (Å²) in [6.07, 6.45) is 0. The zero-order valence-corrected chi connectivity index (χ0v) is 23.3. The molecule has 8 heteroatoms. The number of aryl methyl sites for hydroxylation is 2. The fourth-order valence-corrected chi connectivity index (χ4v) is 6.16. The van der Waals surface area contributed by atoms with Gasteiger partial charge in [-0.15, -0.1) is 11.8 Å². The number of anilines is 3. The van der Waals surface area contributed by atoms with E-state index < -0.39 is 5.25 Å². The lowest BCUT2D eigenvalue weighted by Crippen LogP contribution is -2.19. The second-order valence-electron chi connectivity index (χ2n) is 8.86. The number of rotatable bonds is 7. The van der Waals surface area contributed by atoms with Crippen LogP contribution in [0.3, 0.4) is 0 Å². The van der Waals surface area contributed by atoms with Gasteiger partial charge in [-0.2, -0.15) is 0 Å². The average Bonchev–Trinajstić information content (AvgIpc) is 3.30. The number of thiocarbonyl (C=S) groups is 1. The van der Waals surface area contributed by atoms with Gasteiger partial charge in [-0.1, -0.05) is 71.5 Å². The number of thiazole rings is 1. The number of benzene rings is 4. The zero-order chi connectivity index (χ0) is 26.5. The molecule has 0 fully saturated rings. The summed E-state index contributed by atoms with van der Waals surface area (Å²) >= 11 is 8.48. The summed E-state index contributed by atoms with van der Waals surface area (Å²) in [4.78, 5) is 19.1. The van der Waals surface area contributed by atoms with Crippen LogP contribution in [-0.4, -0.2) is 16.0 Å². The van der Waals surface area contributed by atoms with Crippen LogP contribution in [0, 0.1) is 13.8 Å². The molecule has 5 aromatic rings. The standard InChI is InChI=1S/C30H26N4OS3/c1-19-11-14-22(15-12-19)31-29(36)32-23-9-6-10-24(18-23)37-27(21-7-4-3-5-8-21)28(35)34-30-33-25-16-13-20(2)17-26(25)38-30/h3-18,27H,1-2H3,(H2,31,32,36)(H,33,34,35).